The molecule has 0 aromatic heterocycles. The zero-order valence-corrected chi connectivity index (χ0v) is 16.7. The maximum Gasteiger partial charge on any atom is 0.185 e. The highest BCUT2D eigenvalue weighted by Crippen LogP contribution is 2.35. The molecule has 0 aliphatic rings. The molecule has 4 nitrogen and oxygen atoms in total. The van der Waals surface area contributed by atoms with E-state index in [9.17, 15) is 4.79 Å². The summed E-state index contributed by atoms with van der Waals surface area (Å²) < 4.78 is 11.9. The summed E-state index contributed by atoms with van der Waals surface area (Å²) in [4.78, 5) is 12.6. The predicted octanol–water partition coefficient (Wildman–Crippen LogP) is 5.47. The molecule has 0 aliphatic carbocycles. The fourth-order valence-electron chi connectivity index (χ4n) is 2.72. The zero-order chi connectivity index (χ0) is 20.4. The lowest BCUT2D eigenvalue weighted by Crippen LogP contribution is -2.04. The van der Waals surface area contributed by atoms with Crippen LogP contribution in [0.15, 0.2) is 55.1 Å². The Bertz CT molecular complexity index is 822. The van der Waals surface area contributed by atoms with E-state index >= 15 is 0 Å². The minimum Gasteiger partial charge on any atom is -0.493 e. The molecule has 0 bridgehead atoms. The zero-order valence-electron chi connectivity index (χ0n) is 16.7. The molecule has 0 unspecified atom stereocenters. The highest BCUT2D eigenvalue weighted by molar-refractivity contribution is 6.07. The molecule has 0 fully saturated rings. The monoisotopic (exact) mass is 379 g/mol. The standard InChI is InChI=1S/C24H29NO3/c1-4-7-19-10-15-23(27-16-5-2)21(24(19)28-17-6-3)13-14-22(26)18-8-11-20(25)12-9-18/h4,8-15H,1,5-7,16-17,25H2,2-3H3. The SMILES string of the molecule is C=CCc1ccc(OCCC)c(C=CC(=O)c2ccc(N)cc2)c1OCCC. The molecule has 0 atom stereocenters. The molecule has 4 heteroatoms. The van der Waals surface area contributed by atoms with Gasteiger partial charge in [0.25, 0.3) is 0 Å². The fourth-order valence-corrected chi connectivity index (χ4v) is 2.72. The van der Waals surface area contributed by atoms with Gasteiger partial charge in [-0.05, 0) is 67.3 Å². The van der Waals surface area contributed by atoms with Crippen molar-refractivity contribution in [1.82, 2.24) is 0 Å². The number of hydrogen-bond donors (Lipinski definition) is 1. The molecule has 0 spiro atoms. The molecule has 28 heavy (non-hydrogen) atoms. The van der Waals surface area contributed by atoms with Crippen molar-refractivity contribution < 1.29 is 14.3 Å². The maximum absolute atomic E-state index is 12.6. The molecule has 0 aliphatic heterocycles. The topological polar surface area (TPSA) is 61.5 Å². The van der Waals surface area contributed by atoms with E-state index < -0.39 is 0 Å². The number of hydrogen-bond acceptors (Lipinski definition) is 4. The average Bonchev–Trinajstić information content (AvgIpc) is 2.70. The maximum atomic E-state index is 12.6. The Kier molecular flexibility index (Phi) is 8.35. The first-order chi connectivity index (χ1) is 13.6. The van der Waals surface area contributed by atoms with Crippen LogP contribution in [-0.2, 0) is 6.42 Å². The van der Waals surface area contributed by atoms with Crippen LogP contribution >= 0.6 is 0 Å². The lowest BCUT2D eigenvalue weighted by molar-refractivity contribution is 0.104. The Morgan fingerprint density at radius 1 is 1.04 bits per heavy atom. The van der Waals surface area contributed by atoms with Gasteiger partial charge in [-0.25, -0.2) is 0 Å². The molecule has 2 aromatic rings. The number of carbonyl (C=O) groups is 1. The highest BCUT2D eigenvalue weighted by atomic mass is 16.5. The van der Waals surface area contributed by atoms with Gasteiger partial charge in [0.2, 0.25) is 0 Å². The minimum absolute atomic E-state index is 0.1000. The largest absolute Gasteiger partial charge is 0.493 e. The number of anilines is 1. The summed E-state index contributed by atoms with van der Waals surface area (Å²) in [7, 11) is 0. The van der Waals surface area contributed by atoms with Gasteiger partial charge in [-0.2, -0.15) is 0 Å². The lowest BCUT2D eigenvalue weighted by Gasteiger charge is -2.17. The number of ketones is 1. The molecule has 0 heterocycles. The summed E-state index contributed by atoms with van der Waals surface area (Å²) in [5.74, 6) is 1.36. The van der Waals surface area contributed by atoms with Crippen LogP contribution in [0, 0.1) is 0 Å². The van der Waals surface area contributed by atoms with Gasteiger partial charge in [0.05, 0.1) is 18.8 Å². The Morgan fingerprint density at radius 2 is 1.71 bits per heavy atom. The fraction of sp³-hybridized carbons (Fsp3) is 0.292. The van der Waals surface area contributed by atoms with E-state index in [1.807, 2.05) is 18.2 Å². The number of nitrogens with two attached hydrogens (primary N) is 1. The molecular formula is C24H29NO3. The lowest BCUT2D eigenvalue weighted by atomic mass is 10.0. The van der Waals surface area contributed by atoms with Gasteiger partial charge in [-0.15, -0.1) is 6.58 Å². The van der Waals surface area contributed by atoms with Crippen molar-refractivity contribution >= 4 is 17.5 Å². The van der Waals surface area contributed by atoms with Crippen molar-refractivity contribution in [2.75, 3.05) is 18.9 Å². The molecule has 0 saturated carbocycles. The van der Waals surface area contributed by atoms with E-state index in [2.05, 4.69) is 20.4 Å². The summed E-state index contributed by atoms with van der Waals surface area (Å²) in [6.45, 7) is 9.14. The molecule has 0 radical (unpaired) electrons. The van der Waals surface area contributed by atoms with E-state index in [0.717, 1.165) is 29.7 Å². The van der Waals surface area contributed by atoms with Crippen molar-refractivity contribution in [2.45, 2.75) is 33.1 Å². The van der Waals surface area contributed by atoms with Crippen molar-refractivity contribution in [3.8, 4) is 11.5 Å². The second-order valence-electron chi connectivity index (χ2n) is 6.47. The van der Waals surface area contributed by atoms with Crippen LogP contribution in [0.25, 0.3) is 6.08 Å². The van der Waals surface area contributed by atoms with Gasteiger partial charge in [-0.1, -0.05) is 26.0 Å². The Labute approximate surface area is 167 Å². The first-order valence-corrected chi connectivity index (χ1v) is 9.71. The second kappa shape index (κ2) is 11.0. The van der Waals surface area contributed by atoms with E-state index in [4.69, 9.17) is 15.2 Å². The molecule has 2 rings (SSSR count). The smallest absolute Gasteiger partial charge is 0.185 e. The van der Waals surface area contributed by atoms with Crippen LogP contribution in [-0.4, -0.2) is 19.0 Å². The molecule has 2 aromatic carbocycles. The van der Waals surface area contributed by atoms with Crippen molar-refractivity contribution in [3.05, 3.63) is 71.8 Å². The Balaban J connectivity index is 2.43. The first kappa shape index (κ1) is 21.3. The molecule has 2 N–H and O–H groups in total. The number of benzene rings is 2. The van der Waals surface area contributed by atoms with Crippen LogP contribution in [0.1, 0.15) is 48.2 Å². The molecule has 0 saturated heterocycles. The third-order valence-corrected chi connectivity index (χ3v) is 4.11. The highest BCUT2D eigenvalue weighted by Gasteiger charge is 2.14. The van der Waals surface area contributed by atoms with E-state index in [0.29, 0.717) is 36.6 Å². The van der Waals surface area contributed by atoms with E-state index in [1.54, 1.807) is 36.4 Å². The van der Waals surface area contributed by atoms with Crippen LogP contribution in [0.2, 0.25) is 0 Å². The number of carbonyl (C=O) groups excluding carboxylic acids is 1. The molecular weight excluding hydrogens is 350 g/mol. The van der Waals surface area contributed by atoms with Gasteiger partial charge in [-0.3, -0.25) is 4.79 Å². The van der Waals surface area contributed by atoms with Crippen molar-refractivity contribution in [2.24, 2.45) is 0 Å². The molecule has 0 amide bonds. The predicted molar refractivity (Wildman–Crippen MR) is 116 cm³/mol. The summed E-state index contributed by atoms with van der Waals surface area (Å²) >= 11 is 0. The van der Waals surface area contributed by atoms with Crippen LogP contribution in [0.4, 0.5) is 5.69 Å². The van der Waals surface area contributed by atoms with Gasteiger partial charge >= 0.3 is 0 Å². The average molecular weight is 380 g/mol. The number of ether oxygens (including phenoxy) is 2. The van der Waals surface area contributed by atoms with Crippen LogP contribution in [0.3, 0.4) is 0 Å². The molecule has 148 valence electrons. The van der Waals surface area contributed by atoms with Gasteiger partial charge in [0.1, 0.15) is 11.5 Å². The van der Waals surface area contributed by atoms with Gasteiger partial charge in [0.15, 0.2) is 5.78 Å². The summed E-state index contributed by atoms with van der Waals surface area (Å²) in [5.41, 5.74) is 8.71. The van der Waals surface area contributed by atoms with E-state index in [-0.39, 0.29) is 5.78 Å². The van der Waals surface area contributed by atoms with Crippen molar-refractivity contribution in [1.29, 1.82) is 0 Å². The second-order valence-corrected chi connectivity index (χ2v) is 6.47. The van der Waals surface area contributed by atoms with Crippen LogP contribution in [0.5, 0.6) is 11.5 Å². The number of nitrogen functional groups attached to an aromatic ring is 1. The summed E-state index contributed by atoms with van der Waals surface area (Å²) in [5, 5.41) is 0. The quantitative estimate of drug-likeness (QED) is 0.243. The summed E-state index contributed by atoms with van der Waals surface area (Å²) in [6, 6.07) is 10.8. The Morgan fingerprint density at radius 3 is 2.36 bits per heavy atom. The number of rotatable bonds is 11. The third kappa shape index (κ3) is 5.74. The van der Waals surface area contributed by atoms with E-state index in [1.165, 1.54) is 0 Å². The Hall–Kier alpha value is -3.01. The summed E-state index contributed by atoms with van der Waals surface area (Å²) in [6.07, 6.45) is 7.64. The van der Waals surface area contributed by atoms with Gasteiger partial charge < -0.3 is 15.2 Å². The first-order valence-electron chi connectivity index (χ1n) is 9.71. The number of allylic oxidation sites excluding steroid dienone is 2. The third-order valence-electron chi connectivity index (χ3n) is 4.11. The van der Waals surface area contributed by atoms with Gasteiger partial charge in [0, 0.05) is 11.3 Å². The normalized spacial score (nSPS) is 10.8. The van der Waals surface area contributed by atoms with Crippen molar-refractivity contribution in [3.63, 3.8) is 0 Å². The van der Waals surface area contributed by atoms with Crippen LogP contribution < -0.4 is 15.2 Å². The minimum atomic E-state index is -0.1000.